The molecule has 1 saturated heterocycles. The van der Waals surface area contributed by atoms with Crippen molar-refractivity contribution in [1.82, 2.24) is 31.5 Å². The number of carboxylic acids is 4. The van der Waals surface area contributed by atoms with E-state index in [-0.39, 0.29) is 136 Å². The molecule has 0 bridgehead atoms. The molecule has 10 N–H and O–H groups in total. The fourth-order valence-corrected chi connectivity index (χ4v) is 14.0. The van der Waals surface area contributed by atoms with Crippen LogP contribution in [0.2, 0.25) is 0 Å². The number of hydrogen-bond donors (Lipinski definition) is 10. The molecule has 4 amide bonds. The highest BCUT2D eigenvalue weighted by atomic mass is 16.4. The van der Waals surface area contributed by atoms with Crippen LogP contribution in [0.15, 0.2) is 24.3 Å². The number of carbonyl (C=O) groups is 14. The molecule has 7 atom stereocenters. The molecule has 1 saturated carbocycles. The van der Waals surface area contributed by atoms with Gasteiger partial charge in [-0.25, -0.2) is 4.79 Å². The average Bonchev–Trinajstić information content (AvgIpc) is 1.85. The van der Waals surface area contributed by atoms with Crippen LogP contribution in [0.5, 0.6) is 5.75 Å². The molecule has 1 aliphatic heterocycles. The van der Waals surface area contributed by atoms with Gasteiger partial charge >= 0.3 is 23.9 Å². The number of aromatic hydroxyl groups is 1. The highest BCUT2D eigenvalue weighted by Crippen LogP contribution is 2.32. The number of hydrogen-bond acceptors (Lipinski definition) is 17. The molecule has 1 aliphatic carbocycles. The normalized spacial score (nSPS) is 17.0. The summed E-state index contributed by atoms with van der Waals surface area (Å²) < 4.78 is 0. The molecule has 25 nitrogen and oxygen atoms in total. The molecule has 3 rings (SSSR count). The Morgan fingerprint density at radius 3 is 1.59 bits per heavy atom. The first-order valence-corrected chi connectivity index (χ1v) is 38.6. The van der Waals surface area contributed by atoms with Crippen LogP contribution in [0.4, 0.5) is 0 Å². The van der Waals surface area contributed by atoms with E-state index in [9.17, 15) is 87.5 Å². The Morgan fingerprint density at radius 1 is 0.485 bits per heavy atom. The minimum absolute atomic E-state index is 0.0126. The number of aliphatic carboxylic acids is 4. The number of nitrogens with zero attached hydrogens (tertiary/aromatic N) is 1. The van der Waals surface area contributed by atoms with E-state index >= 15 is 0 Å². The highest BCUT2D eigenvalue weighted by molar-refractivity contribution is 5.92. The minimum atomic E-state index is -1.56. The Hall–Kier alpha value is -7.28. The van der Waals surface area contributed by atoms with Gasteiger partial charge in [0.05, 0.1) is 43.1 Å². The topological polar surface area (TPSA) is 404 Å². The number of phenols is 1. The van der Waals surface area contributed by atoms with Crippen LogP contribution in [0.1, 0.15) is 283 Å². The Labute approximate surface area is 609 Å². The zero-order chi connectivity index (χ0) is 75.9. The summed E-state index contributed by atoms with van der Waals surface area (Å²) >= 11 is 0. The predicted octanol–water partition coefficient (Wildman–Crippen LogP) is 10.3. The lowest BCUT2D eigenvalue weighted by molar-refractivity contribution is -0.145. The fraction of sp³-hybridized carbons (Fsp3) is 0.744. The van der Waals surface area contributed by atoms with Crippen LogP contribution in [0, 0.1) is 29.6 Å². The molecule has 2 fully saturated rings. The van der Waals surface area contributed by atoms with E-state index in [1.807, 2.05) is 11.8 Å². The van der Waals surface area contributed by atoms with Crippen LogP contribution in [0.25, 0.3) is 0 Å². The van der Waals surface area contributed by atoms with Crippen molar-refractivity contribution in [2.24, 2.45) is 29.6 Å². The van der Waals surface area contributed by atoms with E-state index in [1.54, 1.807) is 12.1 Å². The third-order valence-corrected chi connectivity index (χ3v) is 20.4. The van der Waals surface area contributed by atoms with Gasteiger partial charge in [0.1, 0.15) is 34.9 Å². The molecule has 103 heavy (non-hydrogen) atoms. The number of benzene rings is 1. The fourth-order valence-electron chi connectivity index (χ4n) is 14.0. The number of carbonyl (C=O) groups excluding carboxylic acids is 10. The third-order valence-electron chi connectivity index (χ3n) is 20.4. The molecule has 1 aromatic rings. The summed E-state index contributed by atoms with van der Waals surface area (Å²) in [4.78, 5) is 180. The first kappa shape index (κ1) is 89.9. The van der Waals surface area contributed by atoms with Gasteiger partial charge in [-0.15, -0.1) is 0 Å². The quantitative estimate of drug-likeness (QED) is 0.0271. The molecule has 580 valence electrons. The summed E-state index contributed by atoms with van der Waals surface area (Å²) in [5.41, 5.74) is 0.731. The van der Waals surface area contributed by atoms with E-state index in [0.717, 1.165) is 63.4 Å². The van der Waals surface area contributed by atoms with Gasteiger partial charge in [-0.2, -0.15) is 0 Å². The first-order valence-electron chi connectivity index (χ1n) is 38.6. The second-order valence-electron chi connectivity index (χ2n) is 29.0. The molecular formula is C78H124N6O19. The number of ketones is 6. The van der Waals surface area contributed by atoms with Gasteiger partial charge in [0.25, 0.3) is 0 Å². The minimum Gasteiger partial charge on any atom is -0.508 e. The first-order chi connectivity index (χ1) is 49.3. The van der Waals surface area contributed by atoms with Crippen molar-refractivity contribution in [3.63, 3.8) is 0 Å². The lowest BCUT2D eigenvalue weighted by Crippen LogP contribution is -2.47. The number of unbranched alkanes of at least 4 members (excludes halogenated alkanes) is 17. The average molecular weight is 1450 g/mol. The largest absolute Gasteiger partial charge is 0.508 e. The van der Waals surface area contributed by atoms with Gasteiger partial charge in [-0.3, -0.25) is 67.2 Å². The number of likely N-dealkylation sites (tertiary alicyclic amines) is 1. The van der Waals surface area contributed by atoms with Crippen molar-refractivity contribution in [1.29, 1.82) is 0 Å². The molecule has 25 heteroatoms. The van der Waals surface area contributed by atoms with Crippen molar-refractivity contribution in [2.75, 3.05) is 32.7 Å². The molecule has 2 aliphatic rings. The number of phenolic OH excluding ortho intramolecular Hbond substituents is 1. The van der Waals surface area contributed by atoms with E-state index in [4.69, 9.17) is 5.11 Å². The van der Waals surface area contributed by atoms with E-state index < -0.39 is 109 Å². The maximum atomic E-state index is 14.0. The summed E-state index contributed by atoms with van der Waals surface area (Å²) in [5, 5.41) is 62.3. The number of carboxylic acid groups (broad SMARTS) is 4. The Morgan fingerprint density at radius 2 is 1.04 bits per heavy atom. The van der Waals surface area contributed by atoms with Gasteiger partial charge in [-0.05, 0) is 146 Å². The summed E-state index contributed by atoms with van der Waals surface area (Å²) in [5.74, 6) is -11.1. The Kier molecular flexibility index (Phi) is 46.0. The van der Waals surface area contributed by atoms with Crippen molar-refractivity contribution < 1.29 is 92.7 Å². The molecule has 0 unspecified atom stereocenters. The Bertz CT molecular complexity index is 2820. The van der Waals surface area contributed by atoms with Gasteiger partial charge in [0.15, 0.2) is 11.6 Å². The van der Waals surface area contributed by atoms with Crippen LogP contribution in [0.3, 0.4) is 0 Å². The van der Waals surface area contributed by atoms with E-state index in [1.165, 1.54) is 90.2 Å². The lowest BCUT2D eigenvalue weighted by atomic mass is 9.78. The van der Waals surface area contributed by atoms with Crippen LogP contribution < -0.4 is 26.6 Å². The smallest absolute Gasteiger partial charge is 0.326 e. The molecule has 0 spiro atoms. The molecule has 0 radical (unpaired) electrons. The van der Waals surface area contributed by atoms with Crippen molar-refractivity contribution >= 4 is 82.2 Å². The van der Waals surface area contributed by atoms with Crippen LogP contribution >= 0.6 is 0 Å². The SMILES string of the molecule is CCCC[C@H](CCC(=O)[C@@H](Cc1ccc(O)cc1)NC(C)=O)C(=O)CN[C@@H](CCCCNC(=O)CC[C@H](CC(=O)CC[C@H](NC(=O)CC[C@H](CC(=O)C1CCC(CNC(=O)CCCCCCCCCCCCCCCCCCC(=O)O)CC1)C(=O)O)C(=O)O)C(=O)O)C(=O)CN1CCC[C@H]1C(C)=O. The van der Waals surface area contributed by atoms with Gasteiger partial charge < -0.3 is 52.1 Å². The van der Waals surface area contributed by atoms with Gasteiger partial charge in [0.2, 0.25) is 23.6 Å². The number of Topliss-reactive ketones (excluding diaryl/α,β-unsaturated/α-hetero) is 6. The van der Waals surface area contributed by atoms with E-state index in [0.29, 0.717) is 70.9 Å². The number of nitrogens with one attached hydrogen (secondary N) is 5. The van der Waals surface area contributed by atoms with Crippen LogP contribution in [-0.2, 0) is 73.5 Å². The molecule has 1 heterocycles. The monoisotopic (exact) mass is 1450 g/mol. The number of amides is 4. The summed E-state index contributed by atoms with van der Waals surface area (Å²) in [6.45, 7) is 5.85. The van der Waals surface area contributed by atoms with Crippen molar-refractivity contribution in [3.05, 3.63) is 29.8 Å². The lowest BCUT2D eigenvalue weighted by Gasteiger charge is -2.28. The maximum absolute atomic E-state index is 14.0. The van der Waals surface area contributed by atoms with Gasteiger partial charge in [-0.1, -0.05) is 122 Å². The van der Waals surface area contributed by atoms with Crippen molar-refractivity contribution in [3.8, 4) is 5.75 Å². The second-order valence-corrected chi connectivity index (χ2v) is 29.0. The van der Waals surface area contributed by atoms with Crippen LogP contribution in [-0.4, -0.2) is 170 Å². The third kappa shape index (κ3) is 40.5. The summed E-state index contributed by atoms with van der Waals surface area (Å²) in [6, 6.07) is 2.73. The molecule has 1 aromatic carbocycles. The summed E-state index contributed by atoms with van der Waals surface area (Å²) in [7, 11) is 0. The zero-order valence-electron chi connectivity index (χ0n) is 61.9. The molecule has 0 aromatic heterocycles. The van der Waals surface area contributed by atoms with Gasteiger partial charge in [0, 0.05) is 83.2 Å². The Balaban J connectivity index is 1.36. The highest BCUT2D eigenvalue weighted by Gasteiger charge is 2.34. The maximum Gasteiger partial charge on any atom is 0.326 e. The zero-order valence-corrected chi connectivity index (χ0v) is 61.9. The standard InChI is InChI=1S/C78H124N6O19/c1-4-5-25-58(36-43-68(89)66(82-55(3)86)48-56-32-39-62(87)40-33-56)70(91)52-80-64(71(92)53-84-47-24-27-67(84)54(2)85)26-22-23-46-79-73(94)44-37-60(76(98)99)49-63(88)41-42-65(78(102)103)83-74(95)45-38-61(77(100)101)50-69(90)59-34-30-57(31-35-59)51-81-72(93)28-20-18-16-14-12-10-8-6-7-9-11-13-15-17-19-21-29-75(96)97/h32-33,39-40,57-61,64-67,80,87H,4-31,34-38,41-53H2,1-3H3,(H,79,94)(H,81,93)(H,82,86)(H,83,95)(H,96,97)(H,98,99)(H,100,101)(H,102,103)/t57?,58-,59?,60-,61-,64+,65+,66-,67+/m1/s1. The number of rotatable bonds is 62. The second kappa shape index (κ2) is 52.6. The summed E-state index contributed by atoms with van der Waals surface area (Å²) in [6.07, 6.45) is 23.6. The predicted molar refractivity (Wildman–Crippen MR) is 389 cm³/mol. The van der Waals surface area contributed by atoms with E-state index in [2.05, 4.69) is 26.6 Å². The van der Waals surface area contributed by atoms with Crippen molar-refractivity contribution in [2.45, 2.75) is 308 Å². The molecular weight excluding hydrogens is 1320 g/mol.